The smallest absolute Gasteiger partial charge is 0.339 e. The third-order valence-electron chi connectivity index (χ3n) is 4.80. The van der Waals surface area contributed by atoms with Gasteiger partial charge < -0.3 is 9.47 Å². The summed E-state index contributed by atoms with van der Waals surface area (Å²) >= 11 is 0. The molecule has 130 valence electrons. The zero-order valence-electron chi connectivity index (χ0n) is 14.6. The third-order valence-corrected chi connectivity index (χ3v) is 4.80. The first-order valence-electron chi connectivity index (χ1n) is 8.73. The van der Waals surface area contributed by atoms with E-state index in [9.17, 15) is 4.79 Å². The Bertz CT molecular complexity index is 916. The van der Waals surface area contributed by atoms with Crippen molar-refractivity contribution >= 4 is 5.97 Å². The molecule has 0 N–H and O–H groups in total. The fraction of sp³-hybridized carbons (Fsp3) is 0.174. The van der Waals surface area contributed by atoms with Gasteiger partial charge in [-0.05, 0) is 41.8 Å². The molecule has 1 aliphatic heterocycles. The molecule has 3 aromatic carbocycles. The molecule has 0 unspecified atom stereocenters. The SMILES string of the molecule is C[C@@]1(c2ccc(OCc3ccccc3)cc2)Cc2ccccc2C(=O)O1. The van der Waals surface area contributed by atoms with E-state index in [1.807, 2.05) is 85.8 Å². The highest BCUT2D eigenvalue weighted by molar-refractivity contribution is 5.92. The Morgan fingerprint density at radius 1 is 0.923 bits per heavy atom. The minimum absolute atomic E-state index is 0.265. The summed E-state index contributed by atoms with van der Waals surface area (Å²) in [5.74, 6) is 0.530. The first kappa shape index (κ1) is 16.4. The molecule has 0 spiro atoms. The molecular formula is C23H20O3. The molecule has 1 heterocycles. The number of hydrogen-bond acceptors (Lipinski definition) is 3. The summed E-state index contributed by atoms with van der Waals surface area (Å²) < 4.78 is 11.6. The van der Waals surface area contributed by atoms with Gasteiger partial charge >= 0.3 is 5.97 Å². The lowest BCUT2D eigenvalue weighted by Crippen LogP contribution is -2.36. The lowest BCUT2D eigenvalue weighted by Gasteiger charge is -2.35. The van der Waals surface area contributed by atoms with Crippen LogP contribution in [0, 0.1) is 0 Å². The Hall–Kier alpha value is -3.07. The maximum absolute atomic E-state index is 12.4. The van der Waals surface area contributed by atoms with E-state index in [2.05, 4.69) is 0 Å². The predicted octanol–water partition coefficient (Wildman–Crippen LogP) is 4.89. The molecule has 0 fully saturated rings. The summed E-state index contributed by atoms with van der Waals surface area (Å²) in [5.41, 5.74) is 3.11. The van der Waals surface area contributed by atoms with Crippen LogP contribution >= 0.6 is 0 Å². The molecule has 3 heteroatoms. The maximum atomic E-state index is 12.4. The molecule has 1 aliphatic rings. The molecule has 0 radical (unpaired) electrons. The lowest BCUT2D eigenvalue weighted by molar-refractivity contribution is -0.0182. The van der Waals surface area contributed by atoms with E-state index < -0.39 is 5.60 Å². The zero-order valence-corrected chi connectivity index (χ0v) is 14.6. The molecule has 0 saturated carbocycles. The van der Waals surface area contributed by atoms with Crippen molar-refractivity contribution in [3.05, 3.63) is 101 Å². The number of esters is 1. The minimum atomic E-state index is -0.663. The topological polar surface area (TPSA) is 35.5 Å². The minimum Gasteiger partial charge on any atom is -0.489 e. The molecule has 0 saturated heterocycles. The molecule has 0 aliphatic carbocycles. The predicted molar refractivity (Wildman–Crippen MR) is 100 cm³/mol. The van der Waals surface area contributed by atoms with Gasteiger partial charge in [-0.1, -0.05) is 60.7 Å². The Balaban J connectivity index is 1.51. The van der Waals surface area contributed by atoms with Crippen molar-refractivity contribution < 1.29 is 14.3 Å². The Labute approximate surface area is 153 Å². The number of carbonyl (C=O) groups is 1. The van der Waals surface area contributed by atoms with Gasteiger partial charge in [-0.25, -0.2) is 4.79 Å². The highest BCUT2D eigenvalue weighted by Crippen LogP contribution is 2.36. The second kappa shape index (κ2) is 6.68. The first-order chi connectivity index (χ1) is 12.6. The fourth-order valence-corrected chi connectivity index (χ4v) is 3.34. The molecule has 1 atom stereocenters. The number of rotatable bonds is 4. The Morgan fingerprint density at radius 2 is 1.62 bits per heavy atom. The van der Waals surface area contributed by atoms with Crippen molar-refractivity contribution in [2.75, 3.05) is 0 Å². The van der Waals surface area contributed by atoms with Gasteiger partial charge in [0.2, 0.25) is 0 Å². The van der Waals surface area contributed by atoms with Crippen molar-refractivity contribution in [2.45, 2.75) is 25.6 Å². The second-order valence-electron chi connectivity index (χ2n) is 6.75. The van der Waals surface area contributed by atoms with Crippen LogP contribution < -0.4 is 4.74 Å². The standard InChI is InChI=1S/C23H20O3/c1-23(15-18-9-5-6-10-21(18)22(24)26-23)19-11-13-20(14-12-19)25-16-17-7-3-2-4-8-17/h2-14H,15-16H2,1H3/t23-/m0/s1. The average molecular weight is 344 g/mol. The molecule has 26 heavy (non-hydrogen) atoms. The van der Waals surface area contributed by atoms with E-state index in [1.54, 1.807) is 0 Å². The molecule has 0 bridgehead atoms. The summed E-state index contributed by atoms with van der Waals surface area (Å²) in [4.78, 5) is 12.4. The largest absolute Gasteiger partial charge is 0.489 e. The number of ether oxygens (including phenoxy) is 2. The van der Waals surface area contributed by atoms with Gasteiger partial charge in [0.1, 0.15) is 18.0 Å². The van der Waals surface area contributed by atoms with Crippen molar-refractivity contribution in [1.82, 2.24) is 0 Å². The number of benzene rings is 3. The zero-order chi connectivity index (χ0) is 18.0. The van der Waals surface area contributed by atoms with Crippen LogP contribution in [0.3, 0.4) is 0 Å². The maximum Gasteiger partial charge on any atom is 0.339 e. The number of hydrogen-bond donors (Lipinski definition) is 0. The summed E-state index contributed by atoms with van der Waals surface area (Å²) in [7, 11) is 0. The van der Waals surface area contributed by atoms with Crippen molar-refractivity contribution in [1.29, 1.82) is 0 Å². The number of cyclic esters (lactones) is 1. The van der Waals surface area contributed by atoms with E-state index in [0.29, 0.717) is 18.6 Å². The molecule has 3 aromatic rings. The van der Waals surface area contributed by atoms with Crippen LogP contribution in [0.25, 0.3) is 0 Å². The quantitative estimate of drug-likeness (QED) is 0.632. The van der Waals surface area contributed by atoms with Crippen LogP contribution in [-0.2, 0) is 23.4 Å². The third kappa shape index (κ3) is 3.21. The molecule has 4 rings (SSSR count). The number of fused-ring (bicyclic) bond motifs is 1. The van der Waals surface area contributed by atoms with Crippen molar-refractivity contribution in [3.8, 4) is 5.75 Å². The molecule has 0 amide bonds. The highest BCUT2D eigenvalue weighted by Gasteiger charge is 2.37. The fourth-order valence-electron chi connectivity index (χ4n) is 3.34. The monoisotopic (exact) mass is 344 g/mol. The average Bonchev–Trinajstić information content (AvgIpc) is 2.67. The van der Waals surface area contributed by atoms with Crippen LogP contribution in [-0.4, -0.2) is 5.97 Å². The van der Waals surface area contributed by atoms with Gasteiger partial charge in [-0.3, -0.25) is 0 Å². The second-order valence-corrected chi connectivity index (χ2v) is 6.75. The van der Waals surface area contributed by atoms with E-state index in [0.717, 1.165) is 22.4 Å². The van der Waals surface area contributed by atoms with Crippen LogP contribution in [0.1, 0.15) is 34.0 Å². The van der Waals surface area contributed by atoms with E-state index in [-0.39, 0.29) is 5.97 Å². The van der Waals surface area contributed by atoms with Gasteiger partial charge in [0.15, 0.2) is 0 Å². The molecule has 0 aromatic heterocycles. The van der Waals surface area contributed by atoms with Crippen LogP contribution in [0.5, 0.6) is 5.75 Å². The van der Waals surface area contributed by atoms with Gasteiger partial charge in [-0.15, -0.1) is 0 Å². The van der Waals surface area contributed by atoms with Gasteiger partial charge in [0.25, 0.3) is 0 Å². The molecular weight excluding hydrogens is 324 g/mol. The van der Waals surface area contributed by atoms with Crippen LogP contribution in [0.2, 0.25) is 0 Å². The van der Waals surface area contributed by atoms with Gasteiger partial charge in [0.05, 0.1) is 5.56 Å². The van der Waals surface area contributed by atoms with Gasteiger partial charge in [0, 0.05) is 6.42 Å². The first-order valence-corrected chi connectivity index (χ1v) is 8.73. The normalized spacial score (nSPS) is 18.7. The molecule has 3 nitrogen and oxygen atoms in total. The van der Waals surface area contributed by atoms with Crippen LogP contribution in [0.15, 0.2) is 78.9 Å². The summed E-state index contributed by atoms with van der Waals surface area (Å²) in [6.07, 6.45) is 0.666. The summed E-state index contributed by atoms with van der Waals surface area (Å²) in [6.45, 7) is 2.49. The van der Waals surface area contributed by atoms with Crippen molar-refractivity contribution in [3.63, 3.8) is 0 Å². The summed E-state index contributed by atoms with van der Waals surface area (Å²) in [5, 5.41) is 0. The number of carbonyl (C=O) groups excluding carboxylic acids is 1. The van der Waals surface area contributed by atoms with Crippen molar-refractivity contribution in [2.24, 2.45) is 0 Å². The highest BCUT2D eigenvalue weighted by atomic mass is 16.6. The van der Waals surface area contributed by atoms with E-state index >= 15 is 0 Å². The van der Waals surface area contributed by atoms with E-state index in [4.69, 9.17) is 9.47 Å². The lowest BCUT2D eigenvalue weighted by atomic mass is 9.85. The Morgan fingerprint density at radius 3 is 2.38 bits per heavy atom. The van der Waals surface area contributed by atoms with E-state index in [1.165, 1.54) is 0 Å². The summed E-state index contributed by atoms with van der Waals surface area (Å²) in [6, 6.07) is 25.5. The van der Waals surface area contributed by atoms with Crippen LogP contribution in [0.4, 0.5) is 0 Å². The van der Waals surface area contributed by atoms with Gasteiger partial charge in [-0.2, -0.15) is 0 Å². The Kier molecular flexibility index (Phi) is 4.21.